The van der Waals surface area contributed by atoms with Gasteiger partial charge in [0.1, 0.15) is 10.8 Å². The van der Waals surface area contributed by atoms with E-state index in [9.17, 15) is 0 Å². The molecule has 104 valence electrons. The highest BCUT2D eigenvalue weighted by atomic mass is 32.1. The highest BCUT2D eigenvalue weighted by Gasteiger charge is 2.26. The van der Waals surface area contributed by atoms with Crippen molar-refractivity contribution < 1.29 is 0 Å². The predicted octanol–water partition coefficient (Wildman–Crippen LogP) is 2.76. The Morgan fingerprint density at radius 1 is 1.47 bits per heavy atom. The van der Waals surface area contributed by atoms with Crippen molar-refractivity contribution in [3.63, 3.8) is 0 Å². The van der Waals surface area contributed by atoms with E-state index in [0.29, 0.717) is 0 Å². The fourth-order valence-electron chi connectivity index (χ4n) is 2.05. The Hall–Kier alpha value is -1.56. The topological polar surface area (TPSA) is 68.8 Å². The molecule has 0 atom stereocenters. The van der Waals surface area contributed by atoms with Crippen LogP contribution in [0.3, 0.4) is 0 Å². The van der Waals surface area contributed by atoms with Crippen LogP contribution in [-0.4, -0.2) is 14.8 Å². The third kappa shape index (κ3) is 2.73. The molecule has 0 saturated heterocycles. The number of hydrogen-bond donors (Lipinski definition) is 2. The van der Waals surface area contributed by atoms with Crippen LogP contribution >= 0.6 is 11.3 Å². The fraction of sp³-hybridized carbons (Fsp3) is 0.538. The van der Waals surface area contributed by atoms with Crippen LogP contribution in [0.1, 0.15) is 37.9 Å². The fourth-order valence-corrected chi connectivity index (χ4v) is 2.77. The number of anilines is 2. The van der Waals surface area contributed by atoms with Crippen molar-refractivity contribution in [3.8, 4) is 0 Å². The average molecular weight is 279 g/mol. The van der Waals surface area contributed by atoms with Crippen LogP contribution in [0, 0.1) is 0 Å². The number of hydrogen-bond acceptors (Lipinski definition) is 5. The summed E-state index contributed by atoms with van der Waals surface area (Å²) in [7, 11) is 1.91. The summed E-state index contributed by atoms with van der Waals surface area (Å²) in [5, 5.41) is 10.9. The summed E-state index contributed by atoms with van der Waals surface area (Å²) in [6, 6.07) is 0. The molecule has 0 aliphatic heterocycles. The Labute approximate surface area is 117 Å². The number of nitrogens with one attached hydrogen (secondary N) is 1. The van der Waals surface area contributed by atoms with Gasteiger partial charge in [-0.25, -0.2) is 4.98 Å². The zero-order chi connectivity index (χ0) is 14.0. The maximum absolute atomic E-state index is 6.19. The largest absolute Gasteiger partial charge is 0.394 e. The number of thiazole rings is 1. The van der Waals surface area contributed by atoms with Crippen LogP contribution in [0.15, 0.2) is 11.6 Å². The summed E-state index contributed by atoms with van der Waals surface area (Å²) in [5.74, 6) is 0.864. The van der Waals surface area contributed by atoms with E-state index in [1.165, 1.54) is 0 Å². The van der Waals surface area contributed by atoms with Gasteiger partial charge in [0.25, 0.3) is 0 Å². The molecule has 5 nitrogen and oxygen atoms in total. The van der Waals surface area contributed by atoms with Crippen LogP contribution in [0.4, 0.5) is 11.5 Å². The Morgan fingerprint density at radius 2 is 2.21 bits per heavy atom. The van der Waals surface area contributed by atoms with Crippen LogP contribution in [0.2, 0.25) is 0 Å². The first kappa shape index (κ1) is 13.9. The first-order chi connectivity index (χ1) is 8.95. The molecule has 19 heavy (non-hydrogen) atoms. The highest BCUT2D eigenvalue weighted by molar-refractivity contribution is 7.09. The second-order valence-electron chi connectivity index (χ2n) is 5.17. The third-order valence-corrected chi connectivity index (χ3v) is 4.14. The van der Waals surface area contributed by atoms with Gasteiger partial charge in [0.15, 0.2) is 0 Å². The molecule has 0 bridgehead atoms. The quantitative estimate of drug-likeness (QED) is 0.883. The van der Waals surface area contributed by atoms with Gasteiger partial charge < -0.3 is 11.1 Å². The van der Waals surface area contributed by atoms with Gasteiger partial charge >= 0.3 is 0 Å². The van der Waals surface area contributed by atoms with E-state index < -0.39 is 0 Å². The van der Waals surface area contributed by atoms with Crippen molar-refractivity contribution in [2.45, 2.75) is 39.2 Å². The Bertz CT molecular complexity index is 542. The molecule has 0 aliphatic rings. The van der Waals surface area contributed by atoms with Crippen molar-refractivity contribution in [1.82, 2.24) is 14.8 Å². The molecule has 0 aliphatic carbocycles. The number of nitrogens with zero attached hydrogens (tertiary/aromatic N) is 3. The Balaban J connectivity index is 2.28. The van der Waals surface area contributed by atoms with Crippen molar-refractivity contribution in [1.29, 1.82) is 0 Å². The number of nitrogens with two attached hydrogens (primary N) is 1. The lowest BCUT2D eigenvalue weighted by Gasteiger charge is -2.25. The number of aryl methyl sites for hydroxylation is 2. The van der Waals surface area contributed by atoms with Gasteiger partial charge in [0.05, 0.1) is 16.9 Å². The monoisotopic (exact) mass is 279 g/mol. The molecule has 0 aromatic carbocycles. The molecule has 6 heteroatoms. The van der Waals surface area contributed by atoms with Crippen molar-refractivity contribution in [2.24, 2.45) is 7.05 Å². The molecule has 0 fully saturated rings. The second kappa shape index (κ2) is 5.21. The van der Waals surface area contributed by atoms with E-state index in [-0.39, 0.29) is 5.54 Å². The summed E-state index contributed by atoms with van der Waals surface area (Å²) in [6.07, 6.45) is 3.76. The van der Waals surface area contributed by atoms with Gasteiger partial charge in [-0.3, -0.25) is 4.68 Å². The minimum atomic E-state index is -0.264. The standard InChI is InChI=1S/C13H21N5S/c1-5-6-9-10(14)11(18(4)17-9)16-13(2,3)12-15-7-8-19-12/h7-8,16H,5-6,14H2,1-4H3. The van der Waals surface area contributed by atoms with E-state index >= 15 is 0 Å². The smallest absolute Gasteiger partial charge is 0.148 e. The van der Waals surface area contributed by atoms with Gasteiger partial charge in [0, 0.05) is 18.6 Å². The predicted molar refractivity (Wildman–Crippen MR) is 80.4 cm³/mol. The normalized spacial score (nSPS) is 11.8. The molecule has 0 radical (unpaired) electrons. The molecule has 0 saturated carbocycles. The minimum Gasteiger partial charge on any atom is -0.394 e. The summed E-state index contributed by atoms with van der Waals surface area (Å²) < 4.78 is 1.82. The number of rotatable bonds is 5. The van der Waals surface area contributed by atoms with Crippen LogP contribution in [-0.2, 0) is 19.0 Å². The Kier molecular flexibility index (Phi) is 3.80. The van der Waals surface area contributed by atoms with Crippen molar-refractivity contribution in [3.05, 3.63) is 22.3 Å². The van der Waals surface area contributed by atoms with E-state index in [4.69, 9.17) is 5.73 Å². The molecule has 0 unspecified atom stereocenters. The molecule has 2 heterocycles. The second-order valence-corrected chi connectivity index (χ2v) is 6.06. The van der Waals surface area contributed by atoms with Gasteiger partial charge in [-0.1, -0.05) is 13.3 Å². The minimum absolute atomic E-state index is 0.264. The Morgan fingerprint density at radius 3 is 2.79 bits per heavy atom. The molecule has 2 aromatic heterocycles. The maximum Gasteiger partial charge on any atom is 0.148 e. The van der Waals surface area contributed by atoms with Gasteiger partial charge in [0.2, 0.25) is 0 Å². The van der Waals surface area contributed by atoms with Gasteiger partial charge in [-0.2, -0.15) is 5.10 Å². The number of nitrogen functional groups attached to an aromatic ring is 1. The average Bonchev–Trinajstić information content (AvgIpc) is 2.95. The SMILES string of the molecule is CCCc1nn(C)c(NC(C)(C)c2nccs2)c1N. The highest BCUT2D eigenvalue weighted by Crippen LogP contribution is 2.31. The lowest BCUT2D eigenvalue weighted by atomic mass is 10.1. The van der Waals surface area contributed by atoms with Crippen molar-refractivity contribution in [2.75, 3.05) is 11.1 Å². The van der Waals surface area contributed by atoms with Crippen LogP contribution < -0.4 is 11.1 Å². The van der Waals surface area contributed by atoms with E-state index in [1.54, 1.807) is 11.3 Å². The first-order valence-corrected chi connectivity index (χ1v) is 7.33. The molecule has 0 amide bonds. The lowest BCUT2D eigenvalue weighted by Crippen LogP contribution is -2.29. The van der Waals surface area contributed by atoms with E-state index in [0.717, 1.165) is 35.0 Å². The van der Waals surface area contributed by atoms with Gasteiger partial charge in [-0.15, -0.1) is 11.3 Å². The molecular formula is C13H21N5S. The third-order valence-electron chi connectivity index (χ3n) is 3.05. The summed E-state index contributed by atoms with van der Waals surface area (Å²) >= 11 is 1.63. The summed E-state index contributed by atoms with van der Waals surface area (Å²) in [5.41, 5.74) is 7.63. The molecule has 3 N–H and O–H groups in total. The van der Waals surface area contributed by atoms with Crippen LogP contribution in [0.5, 0.6) is 0 Å². The van der Waals surface area contributed by atoms with Gasteiger partial charge in [-0.05, 0) is 20.3 Å². The van der Waals surface area contributed by atoms with E-state index in [2.05, 4.69) is 36.2 Å². The molecular weight excluding hydrogens is 258 g/mol. The number of aromatic nitrogens is 3. The van der Waals surface area contributed by atoms with E-state index in [1.807, 2.05) is 23.3 Å². The zero-order valence-corrected chi connectivity index (χ0v) is 12.7. The molecule has 0 spiro atoms. The maximum atomic E-state index is 6.19. The molecule has 2 rings (SSSR count). The zero-order valence-electron chi connectivity index (χ0n) is 11.9. The first-order valence-electron chi connectivity index (χ1n) is 6.45. The van der Waals surface area contributed by atoms with Crippen molar-refractivity contribution >= 4 is 22.8 Å². The lowest BCUT2D eigenvalue weighted by molar-refractivity contribution is 0.590. The van der Waals surface area contributed by atoms with Crippen LogP contribution in [0.25, 0.3) is 0 Å². The summed E-state index contributed by atoms with van der Waals surface area (Å²) in [4.78, 5) is 4.37. The molecule has 2 aromatic rings. The summed E-state index contributed by atoms with van der Waals surface area (Å²) in [6.45, 7) is 6.32.